The zero-order chi connectivity index (χ0) is 105. The second-order valence-corrected chi connectivity index (χ2v) is 41.4. The molecule has 774 valence electrons. The maximum Gasteiger partial charge on any atom is 0.200 e. The minimum atomic E-state index is -2.59. The number of benzene rings is 12. The van der Waals surface area contributed by atoms with E-state index in [-0.39, 0.29) is 35.5 Å². The van der Waals surface area contributed by atoms with Gasteiger partial charge >= 0.3 is 0 Å². The molecule has 12 aromatic carbocycles. The molecule has 0 atom stereocenters. The Hall–Kier alpha value is -11.9. The second-order valence-electron chi connectivity index (χ2n) is 41.4. The van der Waals surface area contributed by atoms with E-state index in [9.17, 15) is 65.9 Å². The van der Waals surface area contributed by atoms with Crippen LogP contribution in [0.25, 0.3) is 33.4 Å². The Morgan fingerprint density at radius 1 is 0.177 bits per heavy atom. The van der Waals surface area contributed by atoms with Gasteiger partial charge in [0.25, 0.3) is 0 Å². The van der Waals surface area contributed by atoms with Gasteiger partial charge in [-0.05, 0) is 246 Å². The van der Waals surface area contributed by atoms with Gasteiger partial charge in [0.1, 0.15) is 17.1 Å². The van der Waals surface area contributed by atoms with Crippen LogP contribution in [0.1, 0.15) is 259 Å². The SMILES string of the molecule is Cc1ccc2c(c1)C(C1CCCCC1)(C1CCCCC1)c1cc(C)ccc1N2c1c(F)c(F)c(-c2c(F)c(F)c(F)c(F)c2F)c(F)c1F.Cc1ccc2c(c1)N(c1c(F)c(F)c(-c3c(F)c(F)c(F)c(F)c3F)c(F)c1F)c1cc(C)ccc1C2(C1CCCCC1)C1CCCCC1.Cc1cccc2c1C(C1CCCCC1)(C1CCCCC1)c1c(C)cccc1N2c1c(F)c(F)c(-c2c(F)c(F)c(F)c(F)c2F)c(F)c1F. The summed E-state index contributed by atoms with van der Waals surface area (Å²) in [5.74, 6) is -63.5. The number of nitrogens with zero attached hydrogens (tertiary/aromatic N) is 3. The molecule has 3 nitrogen and oxygen atoms in total. The molecule has 0 radical (unpaired) electrons. The van der Waals surface area contributed by atoms with Crippen LogP contribution in [-0.2, 0) is 16.2 Å². The van der Waals surface area contributed by atoms with E-state index in [1.807, 2.05) is 76.2 Å². The third kappa shape index (κ3) is 16.2. The molecule has 3 heterocycles. The van der Waals surface area contributed by atoms with Crippen LogP contribution < -0.4 is 14.7 Å². The molecule has 30 heteroatoms. The van der Waals surface area contributed by atoms with Gasteiger partial charge < -0.3 is 14.7 Å². The fourth-order valence-electron chi connectivity index (χ4n) is 27.5. The summed E-state index contributed by atoms with van der Waals surface area (Å²) in [7, 11) is 0. The van der Waals surface area contributed by atoms with Gasteiger partial charge in [-0.3, -0.25) is 0 Å². The van der Waals surface area contributed by atoms with Crippen molar-refractivity contribution in [1.82, 2.24) is 0 Å². The smallest absolute Gasteiger partial charge is 0.200 e. The third-order valence-corrected chi connectivity index (χ3v) is 33.4. The average Bonchev–Trinajstić information content (AvgIpc) is 0.690. The fourth-order valence-corrected chi connectivity index (χ4v) is 27.5. The van der Waals surface area contributed by atoms with Gasteiger partial charge in [-0.1, -0.05) is 199 Å². The number of hydrogen-bond donors (Lipinski definition) is 0. The lowest BCUT2D eigenvalue weighted by Gasteiger charge is -2.56. The predicted molar refractivity (Wildman–Crippen MR) is 509 cm³/mol. The molecule has 0 bridgehead atoms. The van der Waals surface area contributed by atoms with Gasteiger partial charge in [-0.25, -0.2) is 119 Å². The quantitative estimate of drug-likeness (QED) is 0.0686. The first-order valence-corrected chi connectivity index (χ1v) is 50.4. The van der Waals surface area contributed by atoms with Gasteiger partial charge in [0.15, 0.2) is 140 Å². The molecule has 0 unspecified atom stereocenters. The molecular formula is C117H102F27N3. The summed E-state index contributed by atoms with van der Waals surface area (Å²) >= 11 is 0. The first kappa shape index (κ1) is 104. The van der Waals surface area contributed by atoms with Crippen molar-refractivity contribution < 1.29 is 119 Å². The molecule has 0 saturated heterocycles. The molecule has 0 amide bonds. The first-order valence-electron chi connectivity index (χ1n) is 50.4. The van der Waals surface area contributed by atoms with E-state index in [0.29, 0.717) is 45.3 Å². The van der Waals surface area contributed by atoms with Gasteiger partial charge in [-0.15, -0.1) is 0 Å². The number of anilines is 9. The predicted octanol–water partition coefficient (Wildman–Crippen LogP) is 37.4. The molecule has 0 N–H and O–H groups in total. The molecule has 21 rings (SSSR count). The summed E-state index contributed by atoms with van der Waals surface area (Å²) in [6, 6.07) is 32.5. The van der Waals surface area contributed by atoms with Crippen molar-refractivity contribution in [2.45, 2.75) is 250 Å². The molecular weight excluding hydrogens is 1960 g/mol. The van der Waals surface area contributed by atoms with Crippen LogP contribution in [0.15, 0.2) is 109 Å². The van der Waals surface area contributed by atoms with Crippen molar-refractivity contribution in [3.05, 3.63) is 333 Å². The Morgan fingerprint density at radius 2 is 0.367 bits per heavy atom. The topological polar surface area (TPSA) is 9.72 Å². The largest absolute Gasteiger partial charge is 0.304 e. The molecule has 0 spiro atoms. The van der Waals surface area contributed by atoms with Crippen molar-refractivity contribution in [2.75, 3.05) is 14.7 Å². The van der Waals surface area contributed by atoms with Crippen LogP contribution in [-0.4, -0.2) is 0 Å². The maximum absolute atomic E-state index is 16.5. The molecule has 147 heavy (non-hydrogen) atoms. The zero-order valence-corrected chi connectivity index (χ0v) is 81.1. The zero-order valence-electron chi connectivity index (χ0n) is 81.1. The highest BCUT2D eigenvalue weighted by Crippen LogP contribution is 2.70. The standard InChI is InChI=1S/3C39H34F9N/c1-19-11-9-17-23-27(19)39(21-13-5-3-6-14-21,22-15-7-4-8-16-22)28-20(2)12-10-18-24(28)49(23)38-36(47)31(42)26(32(43)37(38)48)25-29(40)33(44)35(46)34(45)30(25)41;1-19-13-15-25-23(17-19)39(21-9-5-3-6-10-21,22-11-7-4-8-12-22)24-18-20(2)14-16-26(24)49(25)38-36(47)31(42)28(32(43)37(38)48)27-29(40)33(44)35(46)34(45)30(27)41;1-19-13-15-23-25(17-19)49(38-36(47)31(42)28(32(43)37(38)48)27-29(40)33(44)35(46)34(45)30(27)41)26-18-20(2)14-16-24(26)39(23,21-9-5-3-6-10-21)22-11-7-4-8-12-22/h9-12,17-18,21-22H,3-8,13-16H2,1-2H3;2*13-18,21-22H,3-12H2,1-2H3. The summed E-state index contributed by atoms with van der Waals surface area (Å²) in [6.45, 7) is 11.2. The molecule has 6 saturated carbocycles. The highest BCUT2D eigenvalue weighted by atomic mass is 19.2. The Labute approximate surface area is 832 Å². The summed E-state index contributed by atoms with van der Waals surface area (Å²) in [6.07, 6.45) is 29.9. The number of aryl methyl sites for hydroxylation is 6. The fraction of sp³-hybridized carbons (Fsp3) is 0.385. The molecule has 12 aromatic rings. The van der Waals surface area contributed by atoms with Crippen LogP contribution in [0.2, 0.25) is 0 Å². The maximum atomic E-state index is 16.5. The third-order valence-electron chi connectivity index (χ3n) is 33.4. The van der Waals surface area contributed by atoms with Gasteiger partial charge in [0, 0.05) is 16.2 Å². The highest BCUT2D eigenvalue weighted by molar-refractivity contribution is 5.93. The number of fused-ring (bicyclic) bond motifs is 6. The molecule has 9 aliphatic rings. The van der Waals surface area contributed by atoms with E-state index < -0.39 is 224 Å². The molecule has 6 fully saturated rings. The highest BCUT2D eigenvalue weighted by Gasteiger charge is 2.60. The Balaban J connectivity index is 0.000000139. The lowest BCUT2D eigenvalue weighted by Crippen LogP contribution is -2.49. The Bertz CT molecular complexity index is 6740. The number of halogens is 27. The van der Waals surface area contributed by atoms with E-state index in [0.717, 1.165) is 263 Å². The van der Waals surface area contributed by atoms with E-state index >= 15 is 52.7 Å². The average molecular weight is 2060 g/mol. The van der Waals surface area contributed by atoms with E-state index in [1.54, 1.807) is 74.5 Å². The van der Waals surface area contributed by atoms with E-state index in [2.05, 4.69) is 0 Å². The number of hydrogen-bond acceptors (Lipinski definition) is 3. The minimum absolute atomic E-state index is 0.172. The minimum Gasteiger partial charge on any atom is -0.304 e. The van der Waals surface area contributed by atoms with E-state index in [4.69, 9.17) is 0 Å². The molecule has 6 aliphatic carbocycles. The molecule has 0 aromatic heterocycles. The van der Waals surface area contributed by atoms with Crippen LogP contribution >= 0.6 is 0 Å². The van der Waals surface area contributed by atoms with Gasteiger partial charge in [0.05, 0.1) is 67.5 Å². The Kier molecular flexibility index (Phi) is 28.4. The lowest BCUT2D eigenvalue weighted by atomic mass is 9.50. The van der Waals surface area contributed by atoms with Crippen molar-refractivity contribution in [2.24, 2.45) is 35.5 Å². The van der Waals surface area contributed by atoms with Crippen molar-refractivity contribution in [1.29, 1.82) is 0 Å². The van der Waals surface area contributed by atoms with Gasteiger partial charge in [0.2, 0.25) is 17.5 Å². The molecule has 3 aliphatic heterocycles. The number of rotatable bonds is 12. The van der Waals surface area contributed by atoms with Crippen LogP contribution in [0, 0.1) is 234 Å². The van der Waals surface area contributed by atoms with Crippen LogP contribution in [0.4, 0.5) is 170 Å². The van der Waals surface area contributed by atoms with Crippen LogP contribution in [0.3, 0.4) is 0 Å². The second kappa shape index (κ2) is 40.2. The Morgan fingerprint density at radius 3 is 0.612 bits per heavy atom. The van der Waals surface area contributed by atoms with Crippen molar-refractivity contribution >= 4 is 51.2 Å². The monoisotopic (exact) mass is 2060 g/mol. The van der Waals surface area contributed by atoms with Crippen LogP contribution in [0.5, 0.6) is 0 Å². The van der Waals surface area contributed by atoms with Crippen molar-refractivity contribution in [3.63, 3.8) is 0 Å². The van der Waals surface area contributed by atoms with E-state index in [1.165, 1.54) is 0 Å². The lowest BCUT2D eigenvalue weighted by molar-refractivity contribution is 0.132. The summed E-state index contributed by atoms with van der Waals surface area (Å²) < 4.78 is 410. The summed E-state index contributed by atoms with van der Waals surface area (Å²) in [5, 5.41) is 0. The van der Waals surface area contributed by atoms with Gasteiger partial charge in [-0.2, -0.15) is 0 Å². The summed E-state index contributed by atoms with van der Waals surface area (Å²) in [4.78, 5) is 3.34. The summed E-state index contributed by atoms with van der Waals surface area (Å²) in [5.41, 5.74) is -6.25. The first-order chi connectivity index (χ1) is 70.2. The normalized spacial score (nSPS) is 18.1. The van der Waals surface area contributed by atoms with Crippen molar-refractivity contribution in [3.8, 4) is 33.4 Å².